The van der Waals surface area contributed by atoms with Gasteiger partial charge < -0.3 is 15.2 Å². The molecule has 0 spiro atoms. The number of likely N-dealkylation sites (N-methyl/N-ethyl adjacent to an activating group) is 1. The molecule has 0 atom stereocenters. The Balaban J connectivity index is 2.43. The molecule has 0 saturated carbocycles. The average molecular weight is 282 g/mol. The van der Waals surface area contributed by atoms with Crippen molar-refractivity contribution in [3.8, 4) is 0 Å². The molecule has 0 bridgehead atoms. The number of carbonyl (C=O) groups excluding carboxylic acids is 2. The molecule has 0 saturated heterocycles. The van der Waals surface area contributed by atoms with E-state index in [-0.39, 0.29) is 30.9 Å². The smallest absolute Gasteiger partial charge is 0.239 e. The maximum absolute atomic E-state index is 11.8. The van der Waals surface area contributed by atoms with E-state index in [1.807, 2.05) is 20.8 Å². The number of rotatable bonds is 7. The van der Waals surface area contributed by atoms with E-state index < -0.39 is 0 Å². The molecule has 1 rings (SSSR count). The van der Waals surface area contributed by atoms with Crippen LogP contribution in [0.5, 0.6) is 0 Å². The van der Waals surface area contributed by atoms with E-state index in [2.05, 4.69) is 15.8 Å². The molecule has 0 aliphatic carbocycles. The largest absolute Gasteiger partial charge is 0.360 e. The van der Waals surface area contributed by atoms with E-state index in [9.17, 15) is 9.59 Å². The lowest BCUT2D eigenvalue weighted by Crippen LogP contribution is -2.42. The van der Waals surface area contributed by atoms with Crippen molar-refractivity contribution >= 4 is 17.6 Å². The van der Waals surface area contributed by atoms with Crippen molar-refractivity contribution < 1.29 is 14.1 Å². The quantitative estimate of drug-likeness (QED) is 0.771. The van der Waals surface area contributed by atoms with Crippen LogP contribution in [0.2, 0.25) is 0 Å². The van der Waals surface area contributed by atoms with Gasteiger partial charge in [-0.05, 0) is 27.3 Å². The number of hydrogen-bond donors (Lipinski definition) is 2. The van der Waals surface area contributed by atoms with Gasteiger partial charge in [0.05, 0.1) is 13.1 Å². The second-order valence-corrected chi connectivity index (χ2v) is 4.90. The zero-order valence-corrected chi connectivity index (χ0v) is 12.4. The normalized spacial score (nSPS) is 10.9. The predicted octanol–water partition coefficient (Wildman–Crippen LogP) is 0.768. The molecule has 0 aromatic carbocycles. The van der Waals surface area contributed by atoms with Crippen molar-refractivity contribution in [3.05, 3.63) is 11.8 Å². The van der Waals surface area contributed by atoms with Gasteiger partial charge in [0.1, 0.15) is 5.76 Å². The van der Waals surface area contributed by atoms with E-state index in [0.29, 0.717) is 18.1 Å². The molecule has 0 fully saturated rings. The number of hydrogen-bond acceptors (Lipinski definition) is 5. The van der Waals surface area contributed by atoms with Gasteiger partial charge in [-0.2, -0.15) is 0 Å². The fourth-order valence-corrected chi connectivity index (χ4v) is 1.66. The zero-order chi connectivity index (χ0) is 15.1. The average Bonchev–Trinajstić information content (AvgIpc) is 2.72. The third kappa shape index (κ3) is 5.83. The molecule has 20 heavy (non-hydrogen) atoms. The highest BCUT2D eigenvalue weighted by molar-refractivity contribution is 5.91. The highest BCUT2D eigenvalue weighted by Crippen LogP contribution is 2.06. The highest BCUT2D eigenvalue weighted by Gasteiger charge is 2.14. The molecular weight excluding hydrogens is 260 g/mol. The molecule has 7 nitrogen and oxygen atoms in total. The van der Waals surface area contributed by atoms with Crippen LogP contribution in [0.4, 0.5) is 5.82 Å². The summed E-state index contributed by atoms with van der Waals surface area (Å²) in [5.41, 5.74) is 0. The number of anilines is 1. The molecule has 2 amide bonds. The van der Waals surface area contributed by atoms with Crippen molar-refractivity contribution in [2.24, 2.45) is 0 Å². The summed E-state index contributed by atoms with van der Waals surface area (Å²) in [7, 11) is 0. The fraction of sp³-hybridized carbons (Fsp3) is 0.615. The monoisotopic (exact) mass is 282 g/mol. The summed E-state index contributed by atoms with van der Waals surface area (Å²) >= 11 is 0. The van der Waals surface area contributed by atoms with Gasteiger partial charge in [0.25, 0.3) is 0 Å². The lowest BCUT2D eigenvalue weighted by Gasteiger charge is -2.19. The van der Waals surface area contributed by atoms with E-state index in [4.69, 9.17) is 4.52 Å². The van der Waals surface area contributed by atoms with Crippen LogP contribution in [-0.2, 0) is 9.59 Å². The van der Waals surface area contributed by atoms with Gasteiger partial charge in [0.15, 0.2) is 5.82 Å². The first-order chi connectivity index (χ1) is 9.40. The Labute approximate surface area is 118 Å². The molecule has 0 unspecified atom stereocenters. The Morgan fingerprint density at radius 3 is 2.50 bits per heavy atom. The van der Waals surface area contributed by atoms with Gasteiger partial charge in [-0.1, -0.05) is 12.1 Å². The van der Waals surface area contributed by atoms with Gasteiger partial charge in [0.2, 0.25) is 11.8 Å². The molecule has 1 aromatic rings. The summed E-state index contributed by atoms with van der Waals surface area (Å²) in [6.45, 7) is 8.37. The predicted molar refractivity (Wildman–Crippen MR) is 75.3 cm³/mol. The van der Waals surface area contributed by atoms with E-state index in [1.165, 1.54) is 0 Å². The Morgan fingerprint density at radius 1 is 1.35 bits per heavy atom. The van der Waals surface area contributed by atoms with E-state index in [1.54, 1.807) is 17.9 Å². The van der Waals surface area contributed by atoms with E-state index >= 15 is 0 Å². The van der Waals surface area contributed by atoms with Gasteiger partial charge in [0, 0.05) is 12.1 Å². The first-order valence-corrected chi connectivity index (χ1v) is 6.65. The minimum atomic E-state index is -0.225. The Kier molecular flexibility index (Phi) is 6.17. The van der Waals surface area contributed by atoms with Crippen molar-refractivity contribution in [3.63, 3.8) is 0 Å². The molecular formula is C13H22N4O3. The van der Waals surface area contributed by atoms with Crippen LogP contribution in [0.1, 0.15) is 26.5 Å². The van der Waals surface area contributed by atoms with Crippen molar-refractivity contribution in [1.82, 2.24) is 15.4 Å². The van der Waals surface area contributed by atoms with Crippen LogP contribution in [0, 0.1) is 6.92 Å². The number of amides is 2. The summed E-state index contributed by atoms with van der Waals surface area (Å²) in [5, 5.41) is 9.10. The van der Waals surface area contributed by atoms with E-state index in [0.717, 1.165) is 0 Å². The van der Waals surface area contributed by atoms with Crippen LogP contribution in [0.25, 0.3) is 0 Å². The minimum Gasteiger partial charge on any atom is -0.360 e. The standard InChI is InChI=1S/C13H22N4O3/c1-5-17(7-12(18)14-9(2)3)8-13(19)15-11-6-10(4)20-16-11/h6,9H,5,7-8H2,1-4H3,(H,14,18)(H,15,16,19). The first kappa shape index (κ1) is 16.2. The summed E-state index contributed by atoms with van der Waals surface area (Å²) in [4.78, 5) is 25.2. The number of nitrogens with one attached hydrogen (secondary N) is 2. The number of carbonyl (C=O) groups is 2. The van der Waals surface area contributed by atoms with Gasteiger partial charge in [-0.3, -0.25) is 14.5 Å². The first-order valence-electron chi connectivity index (χ1n) is 6.65. The van der Waals surface area contributed by atoms with Crippen LogP contribution >= 0.6 is 0 Å². The molecule has 1 aromatic heterocycles. The SMILES string of the molecule is CCN(CC(=O)Nc1cc(C)on1)CC(=O)NC(C)C. The van der Waals surface area contributed by atoms with Crippen LogP contribution in [0.15, 0.2) is 10.6 Å². The molecule has 2 N–H and O–H groups in total. The summed E-state index contributed by atoms with van der Waals surface area (Å²) in [5.74, 6) is 0.698. The third-order valence-electron chi connectivity index (χ3n) is 2.53. The second kappa shape index (κ2) is 7.64. The van der Waals surface area contributed by atoms with Gasteiger partial charge >= 0.3 is 0 Å². The van der Waals surface area contributed by atoms with Crippen LogP contribution in [0.3, 0.4) is 0 Å². The molecule has 7 heteroatoms. The van der Waals surface area contributed by atoms with Gasteiger partial charge in [-0.25, -0.2) is 0 Å². The molecule has 0 aliphatic rings. The fourth-order valence-electron chi connectivity index (χ4n) is 1.66. The molecule has 0 radical (unpaired) electrons. The lowest BCUT2D eigenvalue weighted by atomic mass is 10.3. The highest BCUT2D eigenvalue weighted by atomic mass is 16.5. The summed E-state index contributed by atoms with van der Waals surface area (Å²) in [6, 6.07) is 1.73. The lowest BCUT2D eigenvalue weighted by molar-refractivity contribution is -0.123. The van der Waals surface area contributed by atoms with Crippen molar-refractivity contribution in [2.75, 3.05) is 25.0 Å². The number of nitrogens with zero attached hydrogens (tertiary/aromatic N) is 2. The maximum atomic E-state index is 11.8. The van der Waals surface area contributed by atoms with Crippen molar-refractivity contribution in [1.29, 1.82) is 0 Å². The van der Waals surface area contributed by atoms with Crippen LogP contribution < -0.4 is 10.6 Å². The summed E-state index contributed by atoms with van der Waals surface area (Å²) in [6.07, 6.45) is 0. The topological polar surface area (TPSA) is 87.5 Å². The third-order valence-corrected chi connectivity index (χ3v) is 2.53. The Morgan fingerprint density at radius 2 is 2.00 bits per heavy atom. The Hall–Kier alpha value is -1.89. The zero-order valence-electron chi connectivity index (χ0n) is 12.4. The summed E-state index contributed by atoms with van der Waals surface area (Å²) < 4.78 is 4.86. The molecule has 1 heterocycles. The molecule has 0 aliphatic heterocycles. The number of aromatic nitrogens is 1. The maximum Gasteiger partial charge on any atom is 0.239 e. The van der Waals surface area contributed by atoms with Crippen molar-refractivity contribution in [2.45, 2.75) is 33.7 Å². The minimum absolute atomic E-state index is 0.0908. The second-order valence-electron chi connectivity index (χ2n) is 4.90. The van der Waals surface area contributed by atoms with Crippen LogP contribution in [-0.4, -0.2) is 47.5 Å². The van der Waals surface area contributed by atoms with Gasteiger partial charge in [-0.15, -0.1) is 0 Å². The number of aryl methyl sites for hydroxylation is 1. The molecule has 112 valence electrons. The Bertz CT molecular complexity index is 456.